The Morgan fingerprint density at radius 2 is 1.42 bits per heavy atom. The lowest BCUT2D eigenvalue weighted by Crippen LogP contribution is -1.99. The number of rotatable bonds is 11. The average molecular weight is 513 g/mol. The summed E-state index contributed by atoms with van der Waals surface area (Å²) in [4.78, 5) is 11.9. The number of ether oxygens (including phenoxy) is 1. The van der Waals surface area contributed by atoms with Crippen LogP contribution in [0.2, 0.25) is 0 Å². The normalized spacial score (nSPS) is 11.2. The van der Waals surface area contributed by atoms with Crippen molar-refractivity contribution in [3.05, 3.63) is 114 Å². The van der Waals surface area contributed by atoms with Crippen molar-refractivity contribution in [1.82, 2.24) is 0 Å². The molecule has 4 aromatic carbocycles. The number of aliphatic hydroxyl groups excluding tert-OH is 1. The van der Waals surface area contributed by atoms with E-state index in [9.17, 15) is 9.18 Å². The monoisotopic (exact) mass is 512 g/mol. The van der Waals surface area contributed by atoms with Gasteiger partial charge in [0, 0.05) is 29.7 Å². The lowest BCUT2D eigenvalue weighted by molar-refractivity contribution is 0.112. The molecular weight excluding hydrogens is 482 g/mol. The van der Waals surface area contributed by atoms with E-state index in [1.54, 1.807) is 60.7 Å². The van der Waals surface area contributed by atoms with Gasteiger partial charge in [0.15, 0.2) is 6.29 Å². The van der Waals surface area contributed by atoms with E-state index in [1.807, 2.05) is 25.1 Å². The van der Waals surface area contributed by atoms with Crippen LogP contribution < -0.4 is 4.74 Å². The van der Waals surface area contributed by atoms with E-state index in [0.29, 0.717) is 64.0 Å². The maximum Gasteiger partial charge on any atom is 0.150 e. The highest BCUT2D eigenvalue weighted by Crippen LogP contribution is 2.33. The first-order chi connectivity index (χ1) is 18.5. The molecule has 194 valence electrons. The molecule has 0 spiro atoms. The fourth-order valence-corrected chi connectivity index (χ4v) is 4.36. The van der Waals surface area contributed by atoms with Crippen molar-refractivity contribution in [2.45, 2.75) is 26.2 Å². The van der Waals surface area contributed by atoms with Crippen molar-refractivity contribution in [1.29, 1.82) is 0 Å². The lowest BCUT2D eigenvalue weighted by Gasteiger charge is -2.12. The molecule has 0 aliphatic heterocycles. The van der Waals surface area contributed by atoms with Crippen LogP contribution in [0, 0.1) is 11.6 Å². The van der Waals surface area contributed by atoms with Gasteiger partial charge in [0.05, 0.1) is 6.61 Å². The molecule has 5 heteroatoms. The van der Waals surface area contributed by atoms with E-state index < -0.39 is 5.82 Å². The number of hydrogen-bond acceptors (Lipinski definition) is 3. The van der Waals surface area contributed by atoms with Crippen LogP contribution in [0.3, 0.4) is 0 Å². The first kappa shape index (κ1) is 27.0. The molecule has 38 heavy (non-hydrogen) atoms. The minimum absolute atomic E-state index is 0.0610. The molecule has 0 heterocycles. The van der Waals surface area contributed by atoms with Gasteiger partial charge in [-0.3, -0.25) is 4.79 Å². The molecule has 0 aliphatic carbocycles. The highest BCUT2D eigenvalue weighted by molar-refractivity contribution is 5.90. The highest BCUT2D eigenvalue weighted by Gasteiger charge is 2.13. The molecule has 4 aromatic rings. The fraction of sp³-hybridized carbons (Fsp3) is 0.182. The summed E-state index contributed by atoms with van der Waals surface area (Å²) < 4.78 is 35.6. The number of aryl methyl sites for hydroxylation is 1. The van der Waals surface area contributed by atoms with Gasteiger partial charge in [0.25, 0.3) is 0 Å². The summed E-state index contributed by atoms with van der Waals surface area (Å²) in [6, 6.07) is 22.2. The predicted molar refractivity (Wildman–Crippen MR) is 148 cm³/mol. The van der Waals surface area contributed by atoms with Gasteiger partial charge < -0.3 is 9.84 Å². The Balaban J connectivity index is 1.56. The smallest absolute Gasteiger partial charge is 0.150 e. The van der Waals surface area contributed by atoms with Gasteiger partial charge in [-0.05, 0) is 77.9 Å². The summed E-state index contributed by atoms with van der Waals surface area (Å²) in [6.45, 7) is 2.43. The number of aldehydes is 1. The summed E-state index contributed by atoms with van der Waals surface area (Å²) >= 11 is 0. The van der Waals surface area contributed by atoms with Crippen molar-refractivity contribution in [3.8, 4) is 39.1 Å². The maximum absolute atomic E-state index is 15.2. The third-order valence-corrected chi connectivity index (χ3v) is 6.38. The van der Waals surface area contributed by atoms with E-state index >= 15 is 4.39 Å². The summed E-state index contributed by atoms with van der Waals surface area (Å²) in [5, 5.41) is 8.86. The van der Waals surface area contributed by atoms with Gasteiger partial charge in [-0.1, -0.05) is 60.7 Å². The summed E-state index contributed by atoms with van der Waals surface area (Å²) in [5.41, 5.74) is 4.53. The topological polar surface area (TPSA) is 46.5 Å². The van der Waals surface area contributed by atoms with E-state index in [0.717, 1.165) is 18.4 Å². The third kappa shape index (κ3) is 6.42. The largest absolute Gasteiger partial charge is 0.494 e. The summed E-state index contributed by atoms with van der Waals surface area (Å²) in [5.74, 6) is -0.112. The van der Waals surface area contributed by atoms with Crippen LogP contribution in [0.25, 0.3) is 33.4 Å². The predicted octanol–water partition coefficient (Wildman–Crippen LogP) is 8.05. The van der Waals surface area contributed by atoms with Crippen molar-refractivity contribution < 1.29 is 23.4 Å². The zero-order valence-electron chi connectivity index (χ0n) is 21.3. The molecular formula is C33H30F2O3. The average Bonchev–Trinajstić information content (AvgIpc) is 2.93. The second-order valence-electron chi connectivity index (χ2n) is 8.99. The molecule has 0 saturated carbocycles. The number of benzene rings is 4. The molecule has 0 fully saturated rings. The van der Waals surface area contributed by atoms with Crippen LogP contribution in [0.5, 0.6) is 5.75 Å². The van der Waals surface area contributed by atoms with Crippen molar-refractivity contribution >= 4 is 6.29 Å². The van der Waals surface area contributed by atoms with E-state index in [2.05, 4.69) is 0 Å². The molecule has 0 aliphatic rings. The van der Waals surface area contributed by atoms with Crippen LogP contribution in [-0.2, 0) is 6.42 Å². The first-order valence-electron chi connectivity index (χ1n) is 12.7. The Bertz CT molecular complexity index is 1430. The molecule has 1 N–H and O–H groups in total. The molecule has 0 radical (unpaired) electrons. The first-order valence-corrected chi connectivity index (χ1v) is 12.7. The fourth-order valence-electron chi connectivity index (χ4n) is 4.36. The van der Waals surface area contributed by atoms with E-state index in [-0.39, 0.29) is 12.4 Å². The number of hydrogen-bond donors (Lipinski definition) is 1. The zero-order chi connectivity index (χ0) is 26.9. The molecule has 0 saturated heterocycles. The molecule has 3 nitrogen and oxygen atoms in total. The SMILES string of the molecule is C/C=C/CCc1ccc(-c2ccc(-c3ccc(-c4ccc(OCCCO)cc4)c(F)c3)c(C=O)c2)c(F)c1. The van der Waals surface area contributed by atoms with Gasteiger partial charge in [-0.25, -0.2) is 8.78 Å². The van der Waals surface area contributed by atoms with Crippen LogP contribution >= 0.6 is 0 Å². The van der Waals surface area contributed by atoms with Crippen molar-refractivity contribution in [3.63, 3.8) is 0 Å². The van der Waals surface area contributed by atoms with Crippen molar-refractivity contribution in [2.24, 2.45) is 0 Å². The van der Waals surface area contributed by atoms with Crippen LogP contribution in [0.1, 0.15) is 35.7 Å². The zero-order valence-corrected chi connectivity index (χ0v) is 21.3. The van der Waals surface area contributed by atoms with E-state index in [4.69, 9.17) is 9.84 Å². The lowest BCUT2D eigenvalue weighted by atomic mass is 9.93. The number of carbonyl (C=O) groups excluding carboxylic acids is 1. The number of halogens is 2. The molecule has 0 aromatic heterocycles. The summed E-state index contributed by atoms with van der Waals surface area (Å²) in [6.07, 6.45) is 6.87. The minimum Gasteiger partial charge on any atom is -0.494 e. The standard InChI is InChI=1S/C33H30F2O3/c1-2-3-4-6-23-7-14-31(32(34)19-23)25-10-15-29(27(20-25)22-37)26-11-16-30(33(35)21-26)24-8-12-28(13-9-24)38-18-5-17-36/h2-3,7-16,19-22,36H,4-6,17-18H2,1H3/b3-2+. The van der Waals surface area contributed by atoms with Crippen LogP contribution in [-0.4, -0.2) is 24.6 Å². The van der Waals surface area contributed by atoms with Gasteiger partial charge in [-0.15, -0.1) is 0 Å². The number of carbonyl (C=O) groups is 1. The minimum atomic E-state index is -0.420. The van der Waals surface area contributed by atoms with Gasteiger partial charge >= 0.3 is 0 Å². The maximum atomic E-state index is 15.2. The Morgan fingerprint density at radius 1 is 0.789 bits per heavy atom. The molecule has 0 unspecified atom stereocenters. The Hall–Kier alpha value is -4.09. The van der Waals surface area contributed by atoms with Gasteiger partial charge in [0.1, 0.15) is 17.4 Å². The number of aliphatic hydroxyl groups is 1. The highest BCUT2D eigenvalue weighted by atomic mass is 19.1. The second-order valence-corrected chi connectivity index (χ2v) is 8.99. The van der Waals surface area contributed by atoms with Crippen LogP contribution in [0.15, 0.2) is 91.0 Å². The Kier molecular flexibility index (Phi) is 9.17. The van der Waals surface area contributed by atoms with Crippen molar-refractivity contribution in [2.75, 3.05) is 13.2 Å². The van der Waals surface area contributed by atoms with Crippen LogP contribution in [0.4, 0.5) is 8.78 Å². The molecule has 0 amide bonds. The number of allylic oxidation sites excluding steroid dienone is 2. The summed E-state index contributed by atoms with van der Waals surface area (Å²) in [7, 11) is 0. The molecule has 0 bridgehead atoms. The molecule has 4 rings (SSSR count). The van der Waals surface area contributed by atoms with Gasteiger partial charge in [-0.2, -0.15) is 0 Å². The Labute approximate surface area is 222 Å². The Morgan fingerprint density at radius 3 is 2.08 bits per heavy atom. The second kappa shape index (κ2) is 12.9. The van der Waals surface area contributed by atoms with Gasteiger partial charge in [0.2, 0.25) is 0 Å². The molecule has 0 atom stereocenters. The van der Waals surface area contributed by atoms with E-state index in [1.165, 1.54) is 12.1 Å². The third-order valence-electron chi connectivity index (χ3n) is 6.38. The quantitative estimate of drug-likeness (QED) is 0.126.